The molecule has 0 aromatic carbocycles. The molecule has 0 saturated carbocycles. The fourth-order valence-corrected chi connectivity index (χ4v) is 2.51. The van der Waals surface area contributed by atoms with E-state index in [0.29, 0.717) is 35.2 Å². The Bertz CT molecular complexity index is 1020. The summed E-state index contributed by atoms with van der Waals surface area (Å²) in [5, 5.41) is 2.53. The summed E-state index contributed by atoms with van der Waals surface area (Å²) in [4.78, 5) is 33.1. The van der Waals surface area contributed by atoms with Crippen molar-refractivity contribution in [1.82, 2.24) is 24.9 Å². The lowest BCUT2D eigenvalue weighted by atomic mass is 10.1. The van der Waals surface area contributed by atoms with Gasteiger partial charge in [-0.2, -0.15) is 9.97 Å². The Labute approximate surface area is 147 Å². The van der Waals surface area contributed by atoms with E-state index in [1.54, 1.807) is 25.3 Å². The Kier molecular flexibility index (Phi) is 3.96. The van der Waals surface area contributed by atoms with Crippen LogP contribution in [-0.2, 0) is 6.42 Å². The lowest BCUT2D eigenvalue weighted by Crippen LogP contribution is -2.16. The first-order chi connectivity index (χ1) is 12.6. The number of carbonyl (C=O) groups excluding carboxylic acids is 1. The van der Waals surface area contributed by atoms with E-state index in [4.69, 9.17) is 4.42 Å². The van der Waals surface area contributed by atoms with Gasteiger partial charge in [0.2, 0.25) is 5.95 Å². The fourth-order valence-electron chi connectivity index (χ4n) is 2.51. The quantitative estimate of drug-likeness (QED) is 0.772. The zero-order valence-corrected chi connectivity index (χ0v) is 13.7. The van der Waals surface area contributed by atoms with Crippen LogP contribution in [0.25, 0.3) is 17.6 Å². The average Bonchev–Trinajstić information content (AvgIpc) is 3.05. The minimum absolute atomic E-state index is 0.0565. The van der Waals surface area contributed by atoms with Crippen molar-refractivity contribution in [3.63, 3.8) is 0 Å². The maximum Gasteiger partial charge on any atom is 0.313 e. The van der Waals surface area contributed by atoms with E-state index in [2.05, 4.69) is 30.2 Å². The number of halogens is 1. The maximum absolute atomic E-state index is 13.3. The Balaban J connectivity index is 1.60. The molecular weight excluding hydrogens is 339 g/mol. The second-order valence-corrected chi connectivity index (χ2v) is 5.62. The Morgan fingerprint density at radius 2 is 2.08 bits per heavy atom. The molecule has 8 nitrogen and oxygen atoms in total. The van der Waals surface area contributed by atoms with Crippen LogP contribution in [0.2, 0.25) is 0 Å². The predicted octanol–water partition coefficient (Wildman–Crippen LogP) is 2.74. The van der Waals surface area contributed by atoms with Gasteiger partial charge in [-0.3, -0.25) is 15.1 Å². The van der Waals surface area contributed by atoms with Gasteiger partial charge in [0.25, 0.3) is 5.89 Å². The summed E-state index contributed by atoms with van der Waals surface area (Å²) in [5.41, 5.74) is 0.889. The standard InChI is InChI=1S/C17H13FN6O2/c1-9-20-14(11-4-2-3-7-19-11)23-17(21-9)24-15(25)16-22-12-8-10(18)5-6-13(12)26-16/h2-4,7-8H,5-6H2,1H3,(H,20,21,23,24,25). The van der Waals surface area contributed by atoms with Crippen molar-refractivity contribution >= 4 is 17.9 Å². The topological polar surface area (TPSA) is 107 Å². The number of allylic oxidation sites excluding steroid dienone is 1. The van der Waals surface area contributed by atoms with Crippen LogP contribution < -0.4 is 5.32 Å². The first-order valence-corrected chi connectivity index (χ1v) is 7.90. The molecule has 0 radical (unpaired) electrons. The van der Waals surface area contributed by atoms with E-state index in [-0.39, 0.29) is 24.1 Å². The van der Waals surface area contributed by atoms with Gasteiger partial charge < -0.3 is 4.42 Å². The Morgan fingerprint density at radius 1 is 1.19 bits per heavy atom. The number of hydrogen-bond donors (Lipinski definition) is 1. The van der Waals surface area contributed by atoms with E-state index < -0.39 is 5.91 Å². The number of aryl methyl sites for hydroxylation is 2. The molecule has 0 bridgehead atoms. The summed E-state index contributed by atoms with van der Waals surface area (Å²) < 4.78 is 18.7. The number of aromatic nitrogens is 5. The maximum atomic E-state index is 13.3. The molecular formula is C17H13FN6O2. The molecule has 3 aromatic heterocycles. The number of fused-ring (bicyclic) bond motifs is 1. The van der Waals surface area contributed by atoms with Gasteiger partial charge in [0.05, 0.1) is 0 Å². The lowest BCUT2D eigenvalue weighted by Gasteiger charge is -2.05. The number of nitrogens with zero attached hydrogens (tertiary/aromatic N) is 5. The van der Waals surface area contributed by atoms with E-state index in [1.165, 1.54) is 6.08 Å². The van der Waals surface area contributed by atoms with Crippen LogP contribution in [0.5, 0.6) is 0 Å². The van der Waals surface area contributed by atoms with E-state index >= 15 is 0 Å². The molecule has 130 valence electrons. The van der Waals surface area contributed by atoms with E-state index in [0.717, 1.165) is 0 Å². The largest absolute Gasteiger partial charge is 0.437 e. The number of amides is 1. The van der Waals surface area contributed by atoms with Crippen molar-refractivity contribution in [2.24, 2.45) is 0 Å². The molecule has 1 aliphatic rings. The molecule has 0 fully saturated rings. The molecule has 1 N–H and O–H groups in total. The Morgan fingerprint density at radius 3 is 2.88 bits per heavy atom. The predicted molar refractivity (Wildman–Crippen MR) is 89.7 cm³/mol. The van der Waals surface area contributed by atoms with Crippen molar-refractivity contribution in [2.45, 2.75) is 19.8 Å². The zero-order valence-electron chi connectivity index (χ0n) is 13.7. The van der Waals surface area contributed by atoms with Gasteiger partial charge in [-0.1, -0.05) is 6.07 Å². The number of pyridine rings is 1. The van der Waals surface area contributed by atoms with Crippen molar-refractivity contribution in [3.05, 3.63) is 53.4 Å². The van der Waals surface area contributed by atoms with Crippen LogP contribution in [0.1, 0.15) is 34.4 Å². The summed E-state index contributed by atoms with van der Waals surface area (Å²) in [5.74, 6) is 0.228. The van der Waals surface area contributed by atoms with E-state index in [9.17, 15) is 9.18 Å². The molecule has 3 aromatic rings. The monoisotopic (exact) mass is 352 g/mol. The van der Waals surface area contributed by atoms with Gasteiger partial charge in [-0.05, 0) is 25.1 Å². The van der Waals surface area contributed by atoms with Gasteiger partial charge in [0.15, 0.2) is 5.82 Å². The number of hydrogen-bond acceptors (Lipinski definition) is 7. The SMILES string of the molecule is Cc1nc(NC(=O)c2nc3c(o2)CCC(F)=C3)nc(-c2ccccn2)n1. The lowest BCUT2D eigenvalue weighted by molar-refractivity contribution is 0.0987. The van der Waals surface area contributed by atoms with Crippen LogP contribution in [-0.4, -0.2) is 30.8 Å². The number of nitrogens with one attached hydrogen (secondary N) is 1. The minimum Gasteiger partial charge on any atom is -0.437 e. The van der Waals surface area contributed by atoms with Gasteiger partial charge in [0.1, 0.15) is 28.8 Å². The fraction of sp³-hybridized carbons (Fsp3) is 0.176. The number of carbonyl (C=O) groups is 1. The Hall–Kier alpha value is -3.49. The summed E-state index contributed by atoms with van der Waals surface area (Å²) >= 11 is 0. The first-order valence-electron chi connectivity index (χ1n) is 7.90. The third-order valence-electron chi connectivity index (χ3n) is 3.67. The van der Waals surface area contributed by atoms with Crippen LogP contribution >= 0.6 is 0 Å². The molecule has 1 aliphatic carbocycles. The third-order valence-corrected chi connectivity index (χ3v) is 3.67. The van der Waals surface area contributed by atoms with Crippen LogP contribution in [0, 0.1) is 6.92 Å². The highest BCUT2D eigenvalue weighted by atomic mass is 19.1. The molecule has 0 atom stereocenters. The van der Waals surface area contributed by atoms with Gasteiger partial charge in [-0.15, -0.1) is 0 Å². The van der Waals surface area contributed by atoms with Gasteiger partial charge in [0, 0.05) is 19.0 Å². The highest BCUT2D eigenvalue weighted by molar-refractivity contribution is 6.00. The number of anilines is 1. The highest BCUT2D eigenvalue weighted by Crippen LogP contribution is 2.25. The highest BCUT2D eigenvalue weighted by Gasteiger charge is 2.22. The molecule has 0 unspecified atom stereocenters. The summed E-state index contributed by atoms with van der Waals surface area (Å²) in [6.45, 7) is 1.68. The summed E-state index contributed by atoms with van der Waals surface area (Å²) in [7, 11) is 0. The summed E-state index contributed by atoms with van der Waals surface area (Å²) in [6.07, 6.45) is 3.50. The van der Waals surface area contributed by atoms with Crippen molar-refractivity contribution in [3.8, 4) is 11.5 Å². The van der Waals surface area contributed by atoms with E-state index in [1.807, 2.05) is 6.07 Å². The molecule has 0 aliphatic heterocycles. The second kappa shape index (κ2) is 6.43. The van der Waals surface area contributed by atoms with Crippen molar-refractivity contribution in [2.75, 3.05) is 5.32 Å². The average molecular weight is 352 g/mol. The minimum atomic E-state index is -0.620. The van der Waals surface area contributed by atoms with Crippen molar-refractivity contribution < 1.29 is 13.6 Å². The molecule has 3 heterocycles. The second-order valence-electron chi connectivity index (χ2n) is 5.62. The number of oxazole rings is 1. The smallest absolute Gasteiger partial charge is 0.313 e. The molecule has 26 heavy (non-hydrogen) atoms. The number of rotatable bonds is 3. The first kappa shape index (κ1) is 16.0. The van der Waals surface area contributed by atoms with Crippen LogP contribution in [0.4, 0.5) is 10.3 Å². The zero-order chi connectivity index (χ0) is 18.1. The third kappa shape index (κ3) is 3.18. The van der Waals surface area contributed by atoms with Gasteiger partial charge >= 0.3 is 5.91 Å². The molecule has 0 saturated heterocycles. The van der Waals surface area contributed by atoms with Crippen LogP contribution in [0.3, 0.4) is 0 Å². The molecule has 4 rings (SSSR count). The molecule has 1 amide bonds. The van der Waals surface area contributed by atoms with Crippen LogP contribution in [0.15, 0.2) is 34.6 Å². The molecule has 0 spiro atoms. The van der Waals surface area contributed by atoms with Gasteiger partial charge in [-0.25, -0.2) is 14.4 Å². The van der Waals surface area contributed by atoms with Crippen molar-refractivity contribution in [1.29, 1.82) is 0 Å². The normalized spacial score (nSPS) is 13.1. The molecule has 9 heteroatoms. The summed E-state index contributed by atoms with van der Waals surface area (Å²) in [6, 6.07) is 5.34.